The van der Waals surface area contributed by atoms with Crippen LogP contribution >= 0.6 is 0 Å². The van der Waals surface area contributed by atoms with Gasteiger partial charge in [-0.15, -0.1) is 10.2 Å². The SMILES string of the molecule is COc1c(F)cc(CNC(=O)[C@@H]2Cc3ccc(cc3)OCc3cn(nn3)[C@H]3C[C@@H](C(=O)N[C@@H](Cc4ccc5ccccc5c4)C(=O)N[C@H](C(=O)OC(C)(C)C)Cc4ccc(cc4)OCc4cn(nn4)[C@H]4C[C@@H](C(=O)N[C@@H](Cc5ccc6ccccc6c5)C(=O)N2)N(C(=O)[C@@H](NC(=O)[C@H](C)N(C)C(=O)OC(C)(C)C)C(C)(C)C)C4)N(C(=O)[C@@H](NC(=O)[C@H](C)N(C)C(=O)OC(C)(C)C)C(C)(C)C)C3)cc1F. The molecule has 12 bridgehead atoms. The number of ether oxygens (including phenoxy) is 6. The highest BCUT2D eigenvalue weighted by Crippen LogP contribution is 2.36. The zero-order valence-corrected chi connectivity index (χ0v) is 82.3. The molecule has 6 aliphatic rings. The van der Waals surface area contributed by atoms with Crippen molar-refractivity contribution < 1.29 is 94.7 Å². The van der Waals surface area contributed by atoms with Gasteiger partial charge in [-0.2, -0.15) is 0 Å². The van der Waals surface area contributed by atoms with Crippen LogP contribution in [0.2, 0.25) is 0 Å². The van der Waals surface area contributed by atoms with Crippen molar-refractivity contribution in [2.24, 2.45) is 10.8 Å². The summed E-state index contributed by atoms with van der Waals surface area (Å²) in [5, 5.41) is 41.5. The number of carbonyl (C=O) groups is 12. The zero-order valence-electron chi connectivity index (χ0n) is 82.3. The number of fused-ring (bicyclic) bond motifs is 2. The highest BCUT2D eigenvalue weighted by Gasteiger charge is 2.50. The van der Waals surface area contributed by atoms with Crippen LogP contribution < -0.4 is 51.4 Å². The zero-order chi connectivity index (χ0) is 101. The molecule has 7 aromatic carbocycles. The van der Waals surface area contributed by atoms with E-state index in [1.165, 1.54) is 47.1 Å². The minimum Gasteiger partial charge on any atom is -0.491 e. The number of halogens is 2. The lowest BCUT2D eigenvalue weighted by molar-refractivity contribution is -0.158. The number of hydrogen-bond donors (Lipinski definition) is 7. The van der Waals surface area contributed by atoms with Gasteiger partial charge in [-0.05, 0) is 173 Å². The number of likely N-dealkylation sites (tertiary alicyclic amines) is 2. The number of rotatable bonds is 17. The summed E-state index contributed by atoms with van der Waals surface area (Å²) in [4.78, 5) is 185. The third-order valence-electron chi connectivity index (χ3n) is 24.3. The van der Waals surface area contributed by atoms with Crippen molar-refractivity contribution in [3.05, 3.63) is 209 Å². The lowest BCUT2D eigenvalue weighted by atomic mass is 9.85. The van der Waals surface area contributed by atoms with Crippen LogP contribution in [0.15, 0.2) is 158 Å². The fraction of sp³-hybridized carbons (Fsp3) is 0.471. The molecule has 8 heterocycles. The Balaban J connectivity index is 0.920. The standard InChI is InChI=1S/C102H127F2N17O18/c1-58(116(18)96(132)138-101(12,13)14)86(122)110-84(98(3,4)5)93(129)118-54-71-49-81(118)91(127)107-78(47-62-29-35-65-25-21-23-27-67(65)41-62)89(125)106-77(88(124)105-51-64-43-75(103)83(134-20)76(104)44-64)45-60-31-37-73(38-32-60)135-56-69-52-121(114-112-69)72-50-82(119(55-72)94(130)85(99(6,7)8)111-87(123)59(2)117(19)97(133)139-102(15,16)17)92(128)108-79(48-63-30-36-66-26-22-24-28-68(66)42-63)90(126)109-80(95(131)137-100(9,10)11)46-61-33-39-74(40-34-61)136-57-70-53-120(71)115-113-70/h21-44,52-53,58-59,71-72,77-82,84-85H,45-51,54-57H2,1-20H3,(H,105,124)(H,106,125)(H,107,127)(H,108,128)(H,109,126)(H,110,122)(H,111,123)/t58-,59-,71-,72-,77-,78-,79-,80-,81-,82-,84+,85+/m0/s1. The summed E-state index contributed by atoms with van der Waals surface area (Å²) < 4.78 is 68.3. The Bertz CT molecular complexity index is 5990. The lowest BCUT2D eigenvalue weighted by Crippen LogP contribution is -2.61. The smallest absolute Gasteiger partial charge is 0.410 e. The molecule has 742 valence electrons. The molecule has 0 spiro atoms. The van der Waals surface area contributed by atoms with Crippen LogP contribution in [0.5, 0.6) is 17.2 Å². The van der Waals surface area contributed by atoms with E-state index in [1.807, 2.05) is 78.9 Å². The maximum atomic E-state index is 15.9. The van der Waals surface area contributed by atoms with Gasteiger partial charge in [-0.25, -0.2) is 32.5 Å². The van der Waals surface area contributed by atoms with Gasteiger partial charge in [-0.3, -0.25) is 53.0 Å². The van der Waals surface area contributed by atoms with Crippen molar-refractivity contribution in [2.75, 3.05) is 34.3 Å². The fourth-order valence-electron chi connectivity index (χ4n) is 16.5. The summed E-state index contributed by atoms with van der Waals surface area (Å²) in [6.07, 6.45) is 0.561. The lowest BCUT2D eigenvalue weighted by Gasteiger charge is -2.37. The number of likely N-dealkylation sites (N-methyl/N-ethyl adjacent to an activating group) is 2. The average molecular weight is 1920 g/mol. The number of nitrogens with zero attached hydrogens (tertiary/aromatic N) is 10. The van der Waals surface area contributed by atoms with Crippen molar-refractivity contribution in [3.63, 3.8) is 0 Å². The highest BCUT2D eigenvalue weighted by molar-refractivity contribution is 5.99. The third-order valence-corrected chi connectivity index (χ3v) is 24.3. The minimum absolute atomic E-state index is 0.00139. The molecule has 2 aromatic heterocycles. The molecule has 0 aliphatic carbocycles. The normalized spacial score (nSPS) is 19.8. The molecule has 139 heavy (non-hydrogen) atoms. The largest absolute Gasteiger partial charge is 0.491 e. The second-order valence-corrected chi connectivity index (χ2v) is 41.0. The molecule has 0 unspecified atom stereocenters. The first kappa shape index (κ1) is 104. The molecule has 2 saturated heterocycles. The van der Waals surface area contributed by atoms with Crippen molar-refractivity contribution in [1.82, 2.24) is 86.8 Å². The molecule has 6 aliphatic heterocycles. The number of nitrogens with one attached hydrogen (secondary N) is 7. The summed E-state index contributed by atoms with van der Waals surface area (Å²) in [6.45, 7) is 27.2. The highest BCUT2D eigenvalue weighted by atomic mass is 19.1. The summed E-state index contributed by atoms with van der Waals surface area (Å²) in [6, 6.07) is 25.8. The molecule has 37 heteroatoms. The van der Waals surface area contributed by atoms with E-state index < -0.39 is 195 Å². The van der Waals surface area contributed by atoms with E-state index in [4.69, 9.17) is 28.4 Å². The Morgan fingerprint density at radius 3 is 1.24 bits per heavy atom. The van der Waals surface area contributed by atoms with Crippen LogP contribution in [0.25, 0.3) is 21.5 Å². The van der Waals surface area contributed by atoms with Gasteiger partial charge in [0.15, 0.2) is 17.4 Å². The van der Waals surface area contributed by atoms with Gasteiger partial charge >= 0.3 is 18.2 Å². The van der Waals surface area contributed by atoms with Crippen LogP contribution in [0.3, 0.4) is 0 Å². The summed E-state index contributed by atoms with van der Waals surface area (Å²) >= 11 is 0. The van der Waals surface area contributed by atoms with Gasteiger partial charge in [-0.1, -0.05) is 161 Å². The monoisotopic (exact) mass is 1920 g/mol. The average Bonchev–Trinajstić information content (AvgIpc) is 1.64. The number of carbonyl (C=O) groups excluding carboxylic acids is 12. The number of methoxy groups -OCH3 is 1. The number of benzene rings is 7. The predicted molar refractivity (Wildman–Crippen MR) is 511 cm³/mol. The van der Waals surface area contributed by atoms with Gasteiger partial charge in [0.1, 0.15) is 113 Å². The van der Waals surface area contributed by atoms with E-state index in [2.05, 4.69) is 57.8 Å². The Hall–Kier alpha value is -14.2. The predicted octanol–water partition coefficient (Wildman–Crippen LogP) is 10.4. The molecule has 12 atom stereocenters. The Kier molecular flexibility index (Phi) is 32.3. The number of amides is 11. The van der Waals surface area contributed by atoms with Crippen molar-refractivity contribution in [2.45, 2.75) is 265 Å². The van der Waals surface area contributed by atoms with E-state index >= 15 is 37.5 Å². The minimum atomic E-state index is -1.53. The molecule has 15 rings (SSSR count). The Labute approximate surface area is 806 Å². The van der Waals surface area contributed by atoms with Gasteiger partial charge in [0.25, 0.3) is 0 Å². The van der Waals surface area contributed by atoms with Crippen LogP contribution in [0, 0.1) is 22.5 Å². The quantitative estimate of drug-likeness (QED) is 0.0329. The van der Waals surface area contributed by atoms with E-state index in [1.54, 1.807) is 171 Å². The molecular weight excluding hydrogens is 1790 g/mol. The second kappa shape index (κ2) is 43.3. The van der Waals surface area contributed by atoms with Gasteiger partial charge < -0.3 is 75.4 Å². The van der Waals surface area contributed by atoms with Crippen LogP contribution in [-0.2, 0) is 108 Å². The first-order chi connectivity index (χ1) is 65.3. The van der Waals surface area contributed by atoms with Crippen molar-refractivity contribution in [3.8, 4) is 17.2 Å². The van der Waals surface area contributed by atoms with E-state index in [0.29, 0.717) is 33.7 Å². The molecule has 0 radical (unpaired) electrons. The summed E-state index contributed by atoms with van der Waals surface area (Å²) in [5.74, 6) is -9.89. The molecule has 7 N–H and O–H groups in total. The van der Waals surface area contributed by atoms with Crippen LogP contribution in [0.4, 0.5) is 18.4 Å². The summed E-state index contributed by atoms with van der Waals surface area (Å²) in [7, 11) is 3.88. The third kappa shape index (κ3) is 27.2. The van der Waals surface area contributed by atoms with E-state index in [9.17, 15) is 28.8 Å². The van der Waals surface area contributed by atoms with E-state index in [0.717, 1.165) is 50.6 Å². The van der Waals surface area contributed by atoms with Crippen molar-refractivity contribution >= 4 is 92.9 Å². The van der Waals surface area contributed by atoms with Gasteiger partial charge in [0.2, 0.25) is 53.2 Å². The van der Waals surface area contributed by atoms with Crippen LogP contribution in [-0.4, -0.2) is 232 Å². The van der Waals surface area contributed by atoms with Gasteiger partial charge in [0, 0.05) is 72.3 Å². The number of aromatic nitrogens is 6. The first-order valence-corrected chi connectivity index (χ1v) is 46.4. The first-order valence-electron chi connectivity index (χ1n) is 46.4. The van der Waals surface area contributed by atoms with Crippen molar-refractivity contribution in [1.29, 1.82) is 0 Å². The number of esters is 1. The molecule has 11 amide bonds. The fourth-order valence-corrected chi connectivity index (χ4v) is 16.5. The molecule has 35 nitrogen and oxygen atoms in total. The molecular formula is C102H127F2N17O18. The maximum Gasteiger partial charge on any atom is 0.410 e. The van der Waals surface area contributed by atoms with Crippen LogP contribution in [0.1, 0.15) is 182 Å². The summed E-state index contributed by atoms with van der Waals surface area (Å²) in [5.41, 5.74) is -2.32. The van der Waals surface area contributed by atoms with Gasteiger partial charge in [0.05, 0.1) is 31.6 Å². The molecule has 2 fully saturated rings. The topological polar surface area (TPSA) is 419 Å². The van der Waals surface area contributed by atoms with E-state index in [-0.39, 0.29) is 81.8 Å². The Morgan fingerprint density at radius 1 is 0.482 bits per heavy atom. The molecule has 9 aromatic rings. The second-order valence-electron chi connectivity index (χ2n) is 41.0. The maximum absolute atomic E-state index is 15.9. The Morgan fingerprint density at radius 2 is 0.863 bits per heavy atom. The molecule has 0 saturated carbocycles. The number of hydrogen-bond acceptors (Lipinski definition) is 22.